The standard InChI is InChI=1S/C13H14N2O3S/c1-2-12(10-14)19(17,18)15-13-8-4-3-6-11(13)7-5-9-16/h3-4,6,8,12,15-16H,2,9H2,1H3. The Balaban J connectivity index is 3.10. The number of rotatable bonds is 4. The first kappa shape index (κ1) is 15.0. The Morgan fingerprint density at radius 2 is 2.11 bits per heavy atom. The molecular weight excluding hydrogens is 264 g/mol. The second-order valence-electron chi connectivity index (χ2n) is 3.68. The largest absolute Gasteiger partial charge is 0.384 e. The SMILES string of the molecule is CCC(C#N)S(=O)(=O)Nc1ccccc1C#CCO. The predicted molar refractivity (Wildman–Crippen MR) is 72.6 cm³/mol. The van der Waals surface area contributed by atoms with Crippen LogP contribution in [0.1, 0.15) is 18.9 Å². The van der Waals surface area contributed by atoms with Crippen molar-refractivity contribution < 1.29 is 13.5 Å². The maximum Gasteiger partial charge on any atom is 0.249 e. The van der Waals surface area contributed by atoms with Crippen LogP contribution in [0.3, 0.4) is 0 Å². The lowest BCUT2D eigenvalue weighted by Gasteiger charge is -2.12. The van der Waals surface area contributed by atoms with Crippen molar-refractivity contribution in [3.8, 4) is 17.9 Å². The molecule has 0 saturated carbocycles. The van der Waals surface area contributed by atoms with Gasteiger partial charge in [0.05, 0.1) is 11.8 Å². The van der Waals surface area contributed by atoms with Crippen molar-refractivity contribution in [3.63, 3.8) is 0 Å². The average Bonchev–Trinajstić information content (AvgIpc) is 2.38. The first-order chi connectivity index (χ1) is 9.05. The van der Waals surface area contributed by atoms with Gasteiger partial charge in [-0.3, -0.25) is 4.72 Å². The Bertz CT molecular complexity index is 636. The van der Waals surface area contributed by atoms with Crippen molar-refractivity contribution in [2.75, 3.05) is 11.3 Å². The summed E-state index contributed by atoms with van der Waals surface area (Å²) < 4.78 is 26.3. The minimum Gasteiger partial charge on any atom is -0.384 e. The van der Waals surface area contributed by atoms with Gasteiger partial charge in [-0.2, -0.15) is 5.26 Å². The Morgan fingerprint density at radius 3 is 2.68 bits per heavy atom. The van der Waals surface area contributed by atoms with Crippen LogP contribution in [0, 0.1) is 23.2 Å². The normalized spacial score (nSPS) is 11.8. The maximum atomic E-state index is 12.0. The fourth-order valence-electron chi connectivity index (χ4n) is 1.42. The van der Waals surface area contributed by atoms with Crippen LogP contribution in [0.15, 0.2) is 24.3 Å². The van der Waals surface area contributed by atoms with Crippen LogP contribution in [-0.4, -0.2) is 25.4 Å². The van der Waals surface area contributed by atoms with Gasteiger partial charge >= 0.3 is 0 Å². The summed E-state index contributed by atoms with van der Waals surface area (Å²) in [4.78, 5) is 0. The van der Waals surface area contributed by atoms with Gasteiger partial charge in [0.2, 0.25) is 10.0 Å². The highest BCUT2D eigenvalue weighted by Crippen LogP contribution is 2.17. The van der Waals surface area contributed by atoms with Crippen LogP contribution in [0.4, 0.5) is 5.69 Å². The molecular formula is C13H14N2O3S. The van der Waals surface area contributed by atoms with E-state index in [2.05, 4.69) is 16.6 Å². The molecule has 5 nitrogen and oxygen atoms in total. The molecule has 1 rings (SSSR count). The van der Waals surface area contributed by atoms with Gasteiger partial charge in [0, 0.05) is 5.56 Å². The number of para-hydroxylation sites is 1. The van der Waals surface area contributed by atoms with Crippen molar-refractivity contribution in [2.45, 2.75) is 18.6 Å². The molecule has 1 atom stereocenters. The molecule has 0 amide bonds. The molecule has 1 unspecified atom stereocenters. The van der Waals surface area contributed by atoms with Gasteiger partial charge in [0.1, 0.15) is 6.61 Å². The van der Waals surface area contributed by atoms with E-state index in [9.17, 15) is 8.42 Å². The number of aliphatic hydroxyl groups excluding tert-OH is 1. The van der Waals surface area contributed by atoms with E-state index < -0.39 is 15.3 Å². The summed E-state index contributed by atoms with van der Waals surface area (Å²) in [5, 5.41) is 16.4. The van der Waals surface area contributed by atoms with E-state index in [1.165, 1.54) is 0 Å². The van der Waals surface area contributed by atoms with Crippen LogP contribution in [0.5, 0.6) is 0 Å². The molecule has 0 aliphatic rings. The molecule has 0 heterocycles. The topological polar surface area (TPSA) is 90.2 Å². The Hall–Kier alpha value is -2.02. The van der Waals surface area contributed by atoms with E-state index in [4.69, 9.17) is 10.4 Å². The molecule has 0 saturated heterocycles. The molecule has 2 N–H and O–H groups in total. The first-order valence-electron chi connectivity index (χ1n) is 5.65. The third-order valence-electron chi connectivity index (χ3n) is 2.37. The zero-order chi connectivity index (χ0) is 14.3. The van der Waals surface area contributed by atoms with E-state index in [0.29, 0.717) is 11.3 Å². The number of nitriles is 1. The molecule has 0 bridgehead atoms. The monoisotopic (exact) mass is 278 g/mol. The quantitative estimate of drug-likeness (QED) is 0.806. The van der Waals surface area contributed by atoms with E-state index >= 15 is 0 Å². The highest BCUT2D eigenvalue weighted by Gasteiger charge is 2.23. The Kier molecular flexibility index (Phi) is 5.37. The van der Waals surface area contributed by atoms with E-state index in [1.54, 1.807) is 37.3 Å². The van der Waals surface area contributed by atoms with Crippen LogP contribution >= 0.6 is 0 Å². The number of benzene rings is 1. The number of hydrogen-bond acceptors (Lipinski definition) is 4. The summed E-state index contributed by atoms with van der Waals surface area (Å²) in [6, 6.07) is 8.31. The van der Waals surface area contributed by atoms with Gasteiger partial charge in [0.15, 0.2) is 5.25 Å². The van der Waals surface area contributed by atoms with Crippen molar-refractivity contribution >= 4 is 15.7 Å². The number of nitrogens with zero attached hydrogens (tertiary/aromatic N) is 1. The van der Waals surface area contributed by atoms with Gasteiger partial charge in [-0.15, -0.1) is 0 Å². The average molecular weight is 278 g/mol. The van der Waals surface area contributed by atoms with Crippen LogP contribution in [-0.2, 0) is 10.0 Å². The number of sulfonamides is 1. The second-order valence-corrected chi connectivity index (χ2v) is 5.54. The predicted octanol–water partition coefficient (Wildman–Crippen LogP) is 1.07. The van der Waals surface area contributed by atoms with Gasteiger partial charge < -0.3 is 5.11 Å². The summed E-state index contributed by atoms with van der Waals surface area (Å²) in [6.45, 7) is 1.32. The van der Waals surface area contributed by atoms with Crippen LogP contribution in [0.2, 0.25) is 0 Å². The third-order valence-corrected chi connectivity index (χ3v) is 4.06. The van der Waals surface area contributed by atoms with Crippen LogP contribution in [0.25, 0.3) is 0 Å². The van der Waals surface area contributed by atoms with Crippen molar-refractivity contribution in [1.29, 1.82) is 5.26 Å². The molecule has 0 aliphatic carbocycles. The molecule has 6 heteroatoms. The van der Waals surface area contributed by atoms with Crippen molar-refractivity contribution in [1.82, 2.24) is 0 Å². The molecule has 0 aromatic heterocycles. The van der Waals surface area contributed by atoms with Crippen LogP contribution < -0.4 is 4.72 Å². The fraction of sp³-hybridized carbons (Fsp3) is 0.308. The number of anilines is 1. The van der Waals surface area contributed by atoms with Gasteiger partial charge in [-0.05, 0) is 18.6 Å². The second kappa shape index (κ2) is 6.79. The lowest BCUT2D eigenvalue weighted by molar-refractivity contribution is 0.350. The van der Waals surface area contributed by atoms with Crippen molar-refractivity contribution in [3.05, 3.63) is 29.8 Å². The molecule has 1 aromatic carbocycles. The minimum absolute atomic E-state index is 0.205. The zero-order valence-corrected chi connectivity index (χ0v) is 11.2. The van der Waals surface area contributed by atoms with Crippen molar-refractivity contribution in [2.24, 2.45) is 0 Å². The summed E-state index contributed by atoms with van der Waals surface area (Å²) in [5.41, 5.74) is 0.755. The lowest BCUT2D eigenvalue weighted by atomic mass is 10.2. The summed E-state index contributed by atoms with van der Waals surface area (Å²) in [5.74, 6) is 5.10. The summed E-state index contributed by atoms with van der Waals surface area (Å²) in [7, 11) is -3.76. The van der Waals surface area contributed by atoms with E-state index in [-0.39, 0.29) is 13.0 Å². The summed E-state index contributed by atoms with van der Waals surface area (Å²) in [6.07, 6.45) is 0.205. The van der Waals surface area contributed by atoms with Gasteiger partial charge in [0.25, 0.3) is 0 Å². The maximum absolute atomic E-state index is 12.0. The molecule has 0 spiro atoms. The number of hydrogen-bond donors (Lipinski definition) is 2. The van der Waals surface area contributed by atoms with E-state index in [0.717, 1.165) is 0 Å². The third kappa shape index (κ3) is 3.99. The highest BCUT2D eigenvalue weighted by molar-refractivity contribution is 7.93. The number of nitrogens with one attached hydrogen (secondary N) is 1. The summed E-state index contributed by atoms with van der Waals surface area (Å²) >= 11 is 0. The molecule has 100 valence electrons. The Labute approximate surface area is 112 Å². The smallest absolute Gasteiger partial charge is 0.249 e. The number of aliphatic hydroxyl groups is 1. The minimum atomic E-state index is -3.76. The lowest BCUT2D eigenvalue weighted by Crippen LogP contribution is -2.26. The fourth-order valence-corrected chi connectivity index (χ4v) is 2.62. The first-order valence-corrected chi connectivity index (χ1v) is 7.19. The van der Waals surface area contributed by atoms with Gasteiger partial charge in [-0.1, -0.05) is 30.9 Å². The molecule has 0 fully saturated rings. The molecule has 19 heavy (non-hydrogen) atoms. The molecule has 1 aromatic rings. The molecule has 0 aliphatic heterocycles. The van der Waals surface area contributed by atoms with Gasteiger partial charge in [-0.25, -0.2) is 8.42 Å². The highest BCUT2D eigenvalue weighted by atomic mass is 32.2. The molecule has 0 radical (unpaired) electrons. The zero-order valence-electron chi connectivity index (χ0n) is 10.4. The Morgan fingerprint density at radius 1 is 1.42 bits per heavy atom. The van der Waals surface area contributed by atoms with E-state index in [1.807, 2.05) is 0 Å².